The molecule has 5 rings (SSSR count). The van der Waals surface area contributed by atoms with E-state index in [2.05, 4.69) is 64.4 Å². The number of amides is 1. The van der Waals surface area contributed by atoms with E-state index in [1.807, 2.05) is 30.3 Å². The van der Waals surface area contributed by atoms with Gasteiger partial charge in [-0.3, -0.25) is 4.79 Å². The van der Waals surface area contributed by atoms with Crippen LogP contribution in [0.2, 0.25) is 0 Å². The molecule has 3 aromatic carbocycles. The zero-order valence-corrected chi connectivity index (χ0v) is 24.2. The van der Waals surface area contributed by atoms with Gasteiger partial charge in [0.1, 0.15) is 11.2 Å². The average molecular weight is 555 g/mol. The Labute approximate surface area is 244 Å². The van der Waals surface area contributed by atoms with E-state index < -0.39 is 5.41 Å². The monoisotopic (exact) mass is 554 g/mol. The predicted molar refractivity (Wildman–Crippen MR) is 161 cm³/mol. The van der Waals surface area contributed by atoms with Gasteiger partial charge in [-0.05, 0) is 87.3 Å². The van der Waals surface area contributed by atoms with Crippen molar-refractivity contribution in [1.82, 2.24) is 9.80 Å². The SMILES string of the molecule is CCOC(=O)COc1ccccc1C1CCN(CCC(C(=O)N2CCCC2)(c2ccccc2)c2ccccc2)CC1. The highest BCUT2D eigenvalue weighted by atomic mass is 16.6. The van der Waals surface area contributed by atoms with Crippen LogP contribution >= 0.6 is 0 Å². The molecule has 1 amide bonds. The Morgan fingerprint density at radius 3 is 2.00 bits per heavy atom. The number of benzene rings is 3. The third-order valence-corrected chi connectivity index (χ3v) is 8.69. The summed E-state index contributed by atoms with van der Waals surface area (Å²) >= 11 is 0. The minimum absolute atomic E-state index is 0.0736. The molecule has 3 aromatic rings. The van der Waals surface area contributed by atoms with Crippen LogP contribution in [0.3, 0.4) is 0 Å². The summed E-state index contributed by atoms with van der Waals surface area (Å²) in [4.78, 5) is 30.9. The first kappa shape index (κ1) is 28.9. The Morgan fingerprint density at radius 1 is 0.805 bits per heavy atom. The number of esters is 1. The number of hydrogen-bond donors (Lipinski definition) is 0. The molecule has 6 nitrogen and oxygen atoms in total. The molecular formula is C35H42N2O4. The summed E-state index contributed by atoms with van der Waals surface area (Å²) in [5.74, 6) is 1.02. The van der Waals surface area contributed by atoms with Crippen molar-refractivity contribution < 1.29 is 19.1 Å². The fourth-order valence-corrected chi connectivity index (χ4v) is 6.53. The molecule has 41 heavy (non-hydrogen) atoms. The quantitative estimate of drug-likeness (QED) is 0.280. The minimum Gasteiger partial charge on any atom is -0.482 e. The van der Waals surface area contributed by atoms with Gasteiger partial charge >= 0.3 is 5.97 Å². The van der Waals surface area contributed by atoms with E-state index in [1.54, 1.807) is 6.92 Å². The first-order valence-corrected chi connectivity index (χ1v) is 15.1. The molecule has 2 fully saturated rings. The van der Waals surface area contributed by atoms with E-state index >= 15 is 0 Å². The highest BCUT2D eigenvalue weighted by Gasteiger charge is 2.45. The van der Waals surface area contributed by atoms with Crippen molar-refractivity contribution >= 4 is 11.9 Å². The fourth-order valence-electron chi connectivity index (χ4n) is 6.53. The van der Waals surface area contributed by atoms with Crippen LogP contribution in [-0.4, -0.2) is 67.6 Å². The van der Waals surface area contributed by atoms with Crippen molar-refractivity contribution in [1.29, 1.82) is 0 Å². The standard InChI is InChI=1S/C35H42N2O4/c1-2-40-33(38)27-41-32-18-10-9-17-31(32)28-19-24-36(25-20-28)26-21-35(29-13-5-3-6-14-29,30-15-7-4-8-16-30)34(39)37-22-11-12-23-37/h3-10,13-18,28H,2,11-12,19-27H2,1H3. The van der Waals surface area contributed by atoms with Crippen LogP contribution < -0.4 is 4.74 Å². The molecule has 0 aliphatic carbocycles. The first-order valence-electron chi connectivity index (χ1n) is 15.1. The molecule has 0 spiro atoms. The van der Waals surface area contributed by atoms with Gasteiger partial charge in [-0.15, -0.1) is 0 Å². The van der Waals surface area contributed by atoms with Crippen molar-refractivity contribution in [3.8, 4) is 5.75 Å². The maximum absolute atomic E-state index is 14.4. The van der Waals surface area contributed by atoms with Crippen LogP contribution in [0.1, 0.15) is 61.6 Å². The predicted octanol–water partition coefficient (Wildman–Crippen LogP) is 5.81. The van der Waals surface area contributed by atoms with Crippen LogP contribution in [0.15, 0.2) is 84.9 Å². The average Bonchev–Trinajstić information content (AvgIpc) is 3.57. The number of para-hydroxylation sites is 1. The van der Waals surface area contributed by atoms with Gasteiger partial charge in [0.25, 0.3) is 0 Å². The Balaban J connectivity index is 1.31. The lowest BCUT2D eigenvalue weighted by molar-refractivity contribution is -0.145. The second-order valence-electron chi connectivity index (χ2n) is 11.1. The summed E-state index contributed by atoms with van der Waals surface area (Å²) in [5, 5.41) is 0. The lowest BCUT2D eigenvalue weighted by Gasteiger charge is -2.40. The van der Waals surface area contributed by atoms with Gasteiger partial charge in [-0.1, -0.05) is 78.9 Å². The molecule has 0 saturated carbocycles. The second-order valence-corrected chi connectivity index (χ2v) is 11.1. The van der Waals surface area contributed by atoms with Crippen molar-refractivity contribution in [2.45, 2.75) is 50.4 Å². The van der Waals surface area contributed by atoms with Gasteiger partial charge in [0.15, 0.2) is 6.61 Å². The van der Waals surface area contributed by atoms with Crippen LogP contribution in [0.4, 0.5) is 0 Å². The van der Waals surface area contributed by atoms with Crippen LogP contribution in [0.25, 0.3) is 0 Å². The van der Waals surface area contributed by atoms with Gasteiger partial charge in [-0.2, -0.15) is 0 Å². The largest absolute Gasteiger partial charge is 0.482 e. The third-order valence-electron chi connectivity index (χ3n) is 8.69. The molecule has 0 aromatic heterocycles. The molecular weight excluding hydrogens is 512 g/mol. The molecule has 0 N–H and O–H groups in total. The van der Waals surface area contributed by atoms with Crippen molar-refractivity contribution in [3.63, 3.8) is 0 Å². The Bertz CT molecular complexity index is 1230. The first-order chi connectivity index (χ1) is 20.1. The number of nitrogens with zero attached hydrogens (tertiary/aromatic N) is 2. The molecule has 2 heterocycles. The van der Waals surface area contributed by atoms with Crippen molar-refractivity contribution in [2.24, 2.45) is 0 Å². The van der Waals surface area contributed by atoms with E-state index in [4.69, 9.17) is 9.47 Å². The van der Waals surface area contributed by atoms with Gasteiger partial charge in [0.05, 0.1) is 6.61 Å². The van der Waals surface area contributed by atoms with Crippen LogP contribution in [0, 0.1) is 0 Å². The smallest absolute Gasteiger partial charge is 0.344 e. The molecule has 2 aliphatic rings. The molecule has 0 unspecified atom stereocenters. The molecule has 2 saturated heterocycles. The summed E-state index contributed by atoms with van der Waals surface area (Å²) in [6, 6.07) is 28.8. The molecule has 0 radical (unpaired) electrons. The number of carbonyl (C=O) groups excluding carboxylic acids is 2. The number of carbonyl (C=O) groups is 2. The number of ether oxygens (including phenoxy) is 2. The number of piperidine rings is 1. The Kier molecular flexibility index (Phi) is 9.73. The molecule has 216 valence electrons. The molecule has 0 atom stereocenters. The zero-order valence-electron chi connectivity index (χ0n) is 24.2. The Morgan fingerprint density at radius 2 is 1.39 bits per heavy atom. The highest BCUT2D eigenvalue weighted by Crippen LogP contribution is 2.40. The molecule has 2 aliphatic heterocycles. The lowest BCUT2D eigenvalue weighted by Crippen LogP contribution is -2.49. The zero-order chi connectivity index (χ0) is 28.5. The highest BCUT2D eigenvalue weighted by molar-refractivity contribution is 5.92. The lowest BCUT2D eigenvalue weighted by atomic mass is 9.70. The molecule has 6 heteroatoms. The topological polar surface area (TPSA) is 59.1 Å². The Hall–Kier alpha value is -3.64. The summed E-state index contributed by atoms with van der Waals surface area (Å²) in [5.41, 5.74) is 2.59. The van der Waals surface area contributed by atoms with Gasteiger partial charge in [-0.25, -0.2) is 4.79 Å². The van der Waals surface area contributed by atoms with Crippen LogP contribution in [-0.2, 0) is 19.7 Å². The van der Waals surface area contributed by atoms with Gasteiger partial charge in [0.2, 0.25) is 5.91 Å². The summed E-state index contributed by atoms with van der Waals surface area (Å²) < 4.78 is 10.9. The van der Waals surface area contributed by atoms with Gasteiger partial charge in [0, 0.05) is 13.1 Å². The normalized spacial score (nSPS) is 16.5. The maximum Gasteiger partial charge on any atom is 0.344 e. The summed E-state index contributed by atoms with van der Waals surface area (Å²) in [6.07, 6.45) is 4.89. The van der Waals surface area contributed by atoms with Gasteiger partial charge < -0.3 is 19.3 Å². The van der Waals surface area contributed by atoms with Crippen LogP contribution in [0.5, 0.6) is 5.75 Å². The van der Waals surface area contributed by atoms with E-state index in [0.29, 0.717) is 12.5 Å². The third kappa shape index (κ3) is 6.65. The number of likely N-dealkylation sites (tertiary alicyclic amines) is 2. The molecule has 0 bridgehead atoms. The van der Waals surface area contributed by atoms with E-state index in [-0.39, 0.29) is 18.5 Å². The maximum atomic E-state index is 14.4. The van der Waals surface area contributed by atoms with Crippen molar-refractivity contribution in [3.05, 3.63) is 102 Å². The van der Waals surface area contributed by atoms with E-state index in [1.165, 1.54) is 0 Å². The van der Waals surface area contributed by atoms with E-state index in [0.717, 1.165) is 87.3 Å². The second kappa shape index (κ2) is 13.8. The minimum atomic E-state index is -0.711. The number of hydrogen-bond acceptors (Lipinski definition) is 5. The summed E-state index contributed by atoms with van der Waals surface area (Å²) in [7, 11) is 0. The van der Waals surface area contributed by atoms with E-state index in [9.17, 15) is 9.59 Å². The summed E-state index contributed by atoms with van der Waals surface area (Å²) in [6.45, 7) is 6.50. The van der Waals surface area contributed by atoms with Crippen molar-refractivity contribution in [2.75, 3.05) is 45.9 Å². The number of rotatable bonds is 11. The fraction of sp³-hybridized carbons (Fsp3) is 0.429.